The normalized spacial score (nSPS) is 17.2. The number of hydrogen-bond acceptors (Lipinski definition) is 5. The monoisotopic (exact) mass is 376 g/mol. The summed E-state index contributed by atoms with van der Waals surface area (Å²) in [5, 5.41) is 2.57. The lowest BCUT2D eigenvalue weighted by Gasteiger charge is -2.33. The molecule has 2 amide bonds. The largest absolute Gasteiger partial charge is 0.452 e. The maximum Gasteiger partial charge on any atom is 0.412 e. The van der Waals surface area contributed by atoms with Gasteiger partial charge in [0, 0.05) is 18.3 Å². The van der Waals surface area contributed by atoms with Gasteiger partial charge in [-0.15, -0.1) is 0 Å². The fourth-order valence-corrected chi connectivity index (χ4v) is 2.91. The number of hydrogen-bond donors (Lipinski definition) is 1. The summed E-state index contributed by atoms with van der Waals surface area (Å²) in [4.78, 5) is 38.1. The number of amides is 2. The van der Waals surface area contributed by atoms with Crippen LogP contribution >= 0.6 is 0 Å². The van der Waals surface area contributed by atoms with E-state index in [9.17, 15) is 14.4 Å². The highest BCUT2D eigenvalue weighted by Crippen LogP contribution is 2.17. The molecule has 1 saturated heterocycles. The molecule has 1 atom stereocenters. The Balaban J connectivity index is 1.91. The van der Waals surface area contributed by atoms with Gasteiger partial charge in [0.15, 0.2) is 6.61 Å². The average Bonchev–Trinajstić information content (AvgIpc) is 2.58. The molecule has 0 aliphatic carbocycles. The number of carbonyl (C=O) groups is 3. The van der Waals surface area contributed by atoms with Crippen LogP contribution in [0.2, 0.25) is 0 Å². The van der Waals surface area contributed by atoms with Gasteiger partial charge in [-0.3, -0.25) is 10.1 Å². The standard InChI is InChI=1S/C20H28N2O5/c1-14-8-5-6-11-22(14)17(23)13-26-18(24)15-9-7-10-16(12-15)21-19(25)27-20(2,3)4/h7,9-10,12,14H,5-6,8,11,13H2,1-4H3,(H,21,25). The number of benzene rings is 1. The zero-order valence-electron chi connectivity index (χ0n) is 16.4. The van der Waals surface area contributed by atoms with Crippen molar-refractivity contribution in [3.63, 3.8) is 0 Å². The molecule has 0 saturated carbocycles. The smallest absolute Gasteiger partial charge is 0.412 e. The van der Waals surface area contributed by atoms with E-state index < -0.39 is 17.7 Å². The lowest BCUT2D eigenvalue weighted by molar-refractivity contribution is -0.137. The summed E-state index contributed by atoms with van der Waals surface area (Å²) in [6.45, 7) is 7.71. The maximum atomic E-state index is 12.3. The van der Waals surface area contributed by atoms with Crippen molar-refractivity contribution in [3.05, 3.63) is 29.8 Å². The Bertz CT molecular complexity index is 696. The van der Waals surface area contributed by atoms with E-state index in [2.05, 4.69) is 5.32 Å². The number of nitrogens with one attached hydrogen (secondary N) is 1. The third kappa shape index (κ3) is 6.58. The highest BCUT2D eigenvalue weighted by atomic mass is 16.6. The molecule has 1 aliphatic heterocycles. The number of rotatable bonds is 4. The second-order valence-corrected chi connectivity index (χ2v) is 7.72. The van der Waals surface area contributed by atoms with Crippen molar-refractivity contribution in [1.29, 1.82) is 0 Å². The van der Waals surface area contributed by atoms with Crippen LogP contribution in [0.15, 0.2) is 24.3 Å². The van der Waals surface area contributed by atoms with Crippen LogP contribution in [0.3, 0.4) is 0 Å². The molecule has 148 valence electrons. The predicted octanol–water partition coefficient (Wildman–Crippen LogP) is 3.59. The summed E-state index contributed by atoms with van der Waals surface area (Å²) in [6, 6.07) is 6.49. The second kappa shape index (κ2) is 8.88. The molecule has 1 heterocycles. The zero-order valence-corrected chi connectivity index (χ0v) is 16.4. The van der Waals surface area contributed by atoms with E-state index in [1.165, 1.54) is 6.07 Å². The minimum Gasteiger partial charge on any atom is -0.452 e. The summed E-state index contributed by atoms with van der Waals surface area (Å²) in [5.41, 5.74) is 0.0461. The van der Waals surface area contributed by atoms with E-state index in [1.54, 1.807) is 43.9 Å². The van der Waals surface area contributed by atoms with Gasteiger partial charge in [-0.05, 0) is 65.2 Å². The average molecular weight is 376 g/mol. The Labute approximate surface area is 160 Å². The van der Waals surface area contributed by atoms with Crippen LogP contribution in [0.4, 0.5) is 10.5 Å². The fraction of sp³-hybridized carbons (Fsp3) is 0.550. The SMILES string of the molecule is CC1CCCCN1C(=O)COC(=O)c1cccc(NC(=O)OC(C)(C)C)c1. The molecule has 1 aliphatic rings. The van der Waals surface area contributed by atoms with E-state index in [-0.39, 0.29) is 24.1 Å². The molecule has 0 bridgehead atoms. The second-order valence-electron chi connectivity index (χ2n) is 7.72. The van der Waals surface area contributed by atoms with E-state index in [0.29, 0.717) is 12.2 Å². The summed E-state index contributed by atoms with van der Waals surface area (Å²) < 4.78 is 10.3. The fourth-order valence-electron chi connectivity index (χ4n) is 2.91. The maximum absolute atomic E-state index is 12.3. The van der Waals surface area contributed by atoms with Crippen molar-refractivity contribution < 1.29 is 23.9 Å². The van der Waals surface area contributed by atoms with E-state index in [4.69, 9.17) is 9.47 Å². The topological polar surface area (TPSA) is 84.9 Å². The minimum atomic E-state index is -0.618. The van der Waals surface area contributed by atoms with Crippen molar-refractivity contribution in [2.24, 2.45) is 0 Å². The lowest BCUT2D eigenvalue weighted by atomic mass is 10.0. The van der Waals surface area contributed by atoms with Crippen molar-refractivity contribution in [3.8, 4) is 0 Å². The molecule has 1 unspecified atom stereocenters. The van der Waals surface area contributed by atoms with Crippen LogP contribution in [0, 0.1) is 0 Å². The number of piperidine rings is 1. The number of carbonyl (C=O) groups excluding carboxylic acids is 3. The van der Waals surface area contributed by atoms with Crippen LogP contribution in [0.25, 0.3) is 0 Å². The Morgan fingerprint density at radius 3 is 2.63 bits per heavy atom. The van der Waals surface area contributed by atoms with Crippen molar-refractivity contribution >= 4 is 23.7 Å². The lowest BCUT2D eigenvalue weighted by Crippen LogP contribution is -2.44. The zero-order chi connectivity index (χ0) is 20.0. The third-order valence-electron chi connectivity index (χ3n) is 4.19. The number of nitrogens with zero attached hydrogens (tertiary/aromatic N) is 1. The molecule has 0 aromatic heterocycles. The first kappa shape index (κ1) is 20.7. The number of anilines is 1. The number of esters is 1. The van der Waals surface area contributed by atoms with Gasteiger partial charge >= 0.3 is 12.1 Å². The van der Waals surface area contributed by atoms with E-state index in [0.717, 1.165) is 19.3 Å². The van der Waals surface area contributed by atoms with Crippen molar-refractivity contribution in [1.82, 2.24) is 4.90 Å². The van der Waals surface area contributed by atoms with Gasteiger partial charge in [0.2, 0.25) is 0 Å². The molecule has 2 rings (SSSR count). The van der Waals surface area contributed by atoms with Crippen molar-refractivity contribution in [2.75, 3.05) is 18.5 Å². The molecule has 1 N–H and O–H groups in total. The van der Waals surface area contributed by atoms with Crippen molar-refractivity contribution in [2.45, 2.75) is 58.6 Å². The molecule has 7 heteroatoms. The molecular weight excluding hydrogens is 348 g/mol. The summed E-state index contributed by atoms with van der Waals surface area (Å²) in [7, 11) is 0. The quantitative estimate of drug-likeness (QED) is 0.812. The predicted molar refractivity (Wildman–Crippen MR) is 102 cm³/mol. The van der Waals surface area contributed by atoms with Crippen LogP contribution in [-0.2, 0) is 14.3 Å². The van der Waals surface area contributed by atoms with Crippen LogP contribution in [0.1, 0.15) is 57.3 Å². The molecule has 1 fully saturated rings. The molecule has 1 aromatic carbocycles. The molecule has 27 heavy (non-hydrogen) atoms. The van der Waals surface area contributed by atoms with Gasteiger partial charge in [-0.25, -0.2) is 9.59 Å². The number of likely N-dealkylation sites (tertiary alicyclic amines) is 1. The molecule has 0 radical (unpaired) electrons. The van der Waals surface area contributed by atoms with E-state index in [1.807, 2.05) is 6.92 Å². The summed E-state index contributed by atoms with van der Waals surface area (Å²) >= 11 is 0. The third-order valence-corrected chi connectivity index (χ3v) is 4.19. The van der Waals surface area contributed by atoms with E-state index >= 15 is 0 Å². The van der Waals surface area contributed by atoms with Crippen LogP contribution in [-0.4, -0.2) is 47.7 Å². The summed E-state index contributed by atoms with van der Waals surface area (Å²) in [6.07, 6.45) is 2.45. The molecule has 7 nitrogen and oxygen atoms in total. The van der Waals surface area contributed by atoms with Gasteiger partial charge in [0.25, 0.3) is 5.91 Å². The molecule has 0 spiro atoms. The molecular formula is C20H28N2O5. The highest BCUT2D eigenvalue weighted by Gasteiger charge is 2.24. The van der Waals surface area contributed by atoms with Crippen LogP contribution < -0.4 is 5.32 Å². The van der Waals surface area contributed by atoms with Crippen LogP contribution in [0.5, 0.6) is 0 Å². The van der Waals surface area contributed by atoms with Gasteiger partial charge in [0.05, 0.1) is 5.56 Å². The Hall–Kier alpha value is -2.57. The van der Waals surface area contributed by atoms with Gasteiger partial charge in [-0.2, -0.15) is 0 Å². The Morgan fingerprint density at radius 2 is 1.96 bits per heavy atom. The minimum absolute atomic E-state index is 0.173. The van der Waals surface area contributed by atoms with Gasteiger partial charge in [-0.1, -0.05) is 6.07 Å². The highest BCUT2D eigenvalue weighted by molar-refractivity contribution is 5.93. The molecule has 1 aromatic rings. The summed E-state index contributed by atoms with van der Waals surface area (Å²) in [5.74, 6) is -0.792. The first-order chi connectivity index (χ1) is 12.7. The van der Waals surface area contributed by atoms with Gasteiger partial charge < -0.3 is 14.4 Å². The Morgan fingerprint density at radius 1 is 1.22 bits per heavy atom. The first-order valence-corrected chi connectivity index (χ1v) is 9.22. The first-order valence-electron chi connectivity index (χ1n) is 9.22. The number of ether oxygens (including phenoxy) is 2. The van der Waals surface area contributed by atoms with Gasteiger partial charge in [0.1, 0.15) is 5.60 Å². The Kier molecular flexibility index (Phi) is 6.82.